The van der Waals surface area contributed by atoms with Gasteiger partial charge in [-0.2, -0.15) is 0 Å². The van der Waals surface area contributed by atoms with Gasteiger partial charge in [-0.05, 0) is 30.2 Å². The second-order valence-corrected chi connectivity index (χ2v) is 4.23. The summed E-state index contributed by atoms with van der Waals surface area (Å²) in [5, 5.41) is 0. The first-order valence-electron chi connectivity index (χ1n) is 3.72. The lowest BCUT2D eigenvalue weighted by molar-refractivity contribution is 0.222. The summed E-state index contributed by atoms with van der Waals surface area (Å²) in [6, 6.07) is 0. The number of rotatable bonds is 1. The smallest absolute Gasteiger partial charge is 0.00155 e. The molecule has 9 heavy (non-hydrogen) atoms. The van der Waals surface area contributed by atoms with Crippen LogP contribution in [0.3, 0.4) is 0 Å². The minimum atomic E-state index is 0.432. The van der Waals surface area contributed by atoms with Gasteiger partial charge in [-0.3, -0.25) is 0 Å². The average molecular weight is 127 g/mol. The van der Waals surface area contributed by atoms with Gasteiger partial charge in [0.1, 0.15) is 0 Å². The van der Waals surface area contributed by atoms with Crippen LogP contribution in [0.1, 0.15) is 33.6 Å². The summed E-state index contributed by atoms with van der Waals surface area (Å²) < 4.78 is 0. The van der Waals surface area contributed by atoms with E-state index in [2.05, 4.69) is 20.8 Å². The highest BCUT2D eigenvalue weighted by molar-refractivity contribution is 5.01. The van der Waals surface area contributed by atoms with Crippen LogP contribution in [0.2, 0.25) is 0 Å². The van der Waals surface area contributed by atoms with Crippen molar-refractivity contribution in [2.24, 2.45) is 16.6 Å². The lowest BCUT2D eigenvalue weighted by atomic mass is 9.78. The van der Waals surface area contributed by atoms with Crippen LogP contribution >= 0.6 is 0 Å². The van der Waals surface area contributed by atoms with Crippen molar-refractivity contribution in [3.8, 4) is 0 Å². The number of hydrogen-bond donors (Lipinski definition) is 1. The second kappa shape index (κ2) is 1.72. The molecule has 1 aliphatic rings. The molecule has 0 saturated heterocycles. The van der Waals surface area contributed by atoms with Crippen LogP contribution in [0, 0.1) is 10.8 Å². The first-order chi connectivity index (χ1) is 4.02. The van der Waals surface area contributed by atoms with Gasteiger partial charge < -0.3 is 5.73 Å². The maximum absolute atomic E-state index is 5.65. The Balaban J connectivity index is 2.60. The molecule has 0 radical (unpaired) electrons. The Hall–Kier alpha value is -0.0400. The Bertz CT molecular complexity index is 106. The first kappa shape index (κ1) is 7.07. The molecule has 0 atom stereocenters. The molecule has 0 aromatic carbocycles. The molecule has 1 fully saturated rings. The highest BCUT2D eigenvalue weighted by atomic mass is 14.7. The minimum Gasteiger partial charge on any atom is -0.330 e. The molecule has 0 aromatic heterocycles. The van der Waals surface area contributed by atoms with Gasteiger partial charge in [0.2, 0.25) is 0 Å². The fourth-order valence-electron chi connectivity index (χ4n) is 1.41. The van der Waals surface area contributed by atoms with E-state index in [0.29, 0.717) is 10.8 Å². The van der Waals surface area contributed by atoms with E-state index in [1.54, 1.807) is 0 Å². The number of hydrogen-bond acceptors (Lipinski definition) is 1. The summed E-state index contributed by atoms with van der Waals surface area (Å²) in [5.74, 6) is 0. The van der Waals surface area contributed by atoms with Gasteiger partial charge in [-0.1, -0.05) is 20.8 Å². The predicted octanol–water partition coefficient (Wildman–Crippen LogP) is 1.77. The monoisotopic (exact) mass is 127 g/mol. The van der Waals surface area contributed by atoms with Crippen LogP contribution < -0.4 is 5.73 Å². The fraction of sp³-hybridized carbons (Fsp3) is 1.00. The van der Waals surface area contributed by atoms with E-state index < -0.39 is 0 Å². The standard InChI is InChI=1S/C8H17N/c1-7(2,3)8(6-9)4-5-8/h4-6,9H2,1-3H3. The zero-order chi connectivity index (χ0) is 7.12. The fourth-order valence-corrected chi connectivity index (χ4v) is 1.41. The van der Waals surface area contributed by atoms with Gasteiger partial charge in [-0.25, -0.2) is 0 Å². The SMILES string of the molecule is CC(C)(C)C1(CN)CC1. The van der Waals surface area contributed by atoms with Crippen molar-refractivity contribution in [1.82, 2.24) is 0 Å². The van der Waals surface area contributed by atoms with Gasteiger partial charge in [0, 0.05) is 0 Å². The van der Waals surface area contributed by atoms with Crippen LogP contribution in [0.25, 0.3) is 0 Å². The molecule has 0 bridgehead atoms. The molecule has 1 rings (SSSR count). The van der Waals surface area contributed by atoms with Gasteiger partial charge in [0.25, 0.3) is 0 Å². The summed E-state index contributed by atoms with van der Waals surface area (Å²) in [7, 11) is 0. The molecule has 2 N–H and O–H groups in total. The molecule has 0 aliphatic heterocycles. The van der Waals surface area contributed by atoms with E-state index >= 15 is 0 Å². The normalized spacial score (nSPS) is 24.0. The van der Waals surface area contributed by atoms with Gasteiger partial charge in [0.15, 0.2) is 0 Å². The van der Waals surface area contributed by atoms with E-state index in [1.165, 1.54) is 12.8 Å². The van der Waals surface area contributed by atoms with Crippen molar-refractivity contribution in [1.29, 1.82) is 0 Å². The molecule has 1 saturated carbocycles. The van der Waals surface area contributed by atoms with Crippen LogP contribution in [-0.2, 0) is 0 Å². The summed E-state index contributed by atoms with van der Waals surface area (Å²) in [5.41, 5.74) is 6.59. The Labute approximate surface area is 57.6 Å². The third-order valence-electron chi connectivity index (χ3n) is 2.84. The molecule has 0 aromatic rings. The lowest BCUT2D eigenvalue weighted by Gasteiger charge is -2.29. The van der Waals surface area contributed by atoms with E-state index in [4.69, 9.17) is 5.73 Å². The molecule has 54 valence electrons. The van der Waals surface area contributed by atoms with E-state index in [0.717, 1.165) is 6.54 Å². The molecule has 0 spiro atoms. The van der Waals surface area contributed by atoms with E-state index in [9.17, 15) is 0 Å². The minimum absolute atomic E-state index is 0.432. The van der Waals surface area contributed by atoms with Crippen molar-refractivity contribution in [2.45, 2.75) is 33.6 Å². The maximum atomic E-state index is 5.65. The summed E-state index contributed by atoms with van der Waals surface area (Å²) in [6.45, 7) is 7.73. The van der Waals surface area contributed by atoms with Crippen molar-refractivity contribution < 1.29 is 0 Å². The number of nitrogens with two attached hydrogens (primary N) is 1. The van der Waals surface area contributed by atoms with Crippen molar-refractivity contribution in [3.05, 3.63) is 0 Å². The summed E-state index contributed by atoms with van der Waals surface area (Å²) in [4.78, 5) is 0. The van der Waals surface area contributed by atoms with Gasteiger partial charge >= 0.3 is 0 Å². The molecule has 1 heteroatoms. The van der Waals surface area contributed by atoms with Crippen LogP contribution in [0.5, 0.6) is 0 Å². The van der Waals surface area contributed by atoms with Gasteiger partial charge in [0.05, 0.1) is 0 Å². The highest BCUT2D eigenvalue weighted by Gasteiger charge is 2.50. The Kier molecular flexibility index (Phi) is 1.35. The van der Waals surface area contributed by atoms with Crippen LogP contribution in [0.4, 0.5) is 0 Å². The maximum Gasteiger partial charge on any atom is -0.00155 e. The Morgan fingerprint density at radius 1 is 1.33 bits per heavy atom. The lowest BCUT2D eigenvalue weighted by Crippen LogP contribution is -2.29. The zero-order valence-electron chi connectivity index (χ0n) is 6.70. The van der Waals surface area contributed by atoms with Gasteiger partial charge in [-0.15, -0.1) is 0 Å². The van der Waals surface area contributed by atoms with Crippen LogP contribution in [0.15, 0.2) is 0 Å². The predicted molar refractivity (Wildman–Crippen MR) is 40.2 cm³/mol. The molecule has 0 unspecified atom stereocenters. The largest absolute Gasteiger partial charge is 0.330 e. The highest BCUT2D eigenvalue weighted by Crippen LogP contribution is 2.57. The zero-order valence-corrected chi connectivity index (χ0v) is 6.70. The van der Waals surface area contributed by atoms with E-state index in [1.807, 2.05) is 0 Å². The quantitative estimate of drug-likeness (QED) is 0.570. The van der Waals surface area contributed by atoms with Crippen LogP contribution in [-0.4, -0.2) is 6.54 Å². The second-order valence-electron chi connectivity index (χ2n) is 4.23. The van der Waals surface area contributed by atoms with Crippen molar-refractivity contribution >= 4 is 0 Å². The molecule has 0 heterocycles. The third kappa shape index (κ3) is 0.983. The Morgan fingerprint density at radius 3 is 1.78 bits per heavy atom. The molecule has 1 nitrogen and oxygen atoms in total. The summed E-state index contributed by atoms with van der Waals surface area (Å²) >= 11 is 0. The summed E-state index contributed by atoms with van der Waals surface area (Å²) in [6.07, 6.45) is 2.68. The Morgan fingerprint density at radius 2 is 1.78 bits per heavy atom. The molecule has 1 aliphatic carbocycles. The first-order valence-corrected chi connectivity index (χ1v) is 3.72. The molecular formula is C8H17N. The van der Waals surface area contributed by atoms with E-state index in [-0.39, 0.29) is 0 Å². The molecule has 0 amide bonds. The van der Waals surface area contributed by atoms with Crippen molar-refractivity contribution in [3.63, 3.8) is 0 Å². The average Bonchev–Trinajstić information content (AvgIpc) is 2.40. The molecular weight excluding hydrogens is 110 g/mol. The topological polar surface area (TPSA) is 26.0 Å². The third-order valence-corrected chi connectivity index (χ3v) is 2.84. The van der Waals surface area contributed by atoms with Crippen molar-refractivity contribution in [2.75, 3.05) is 6.54 Å².